The molecule has 0 radical (unpaired) electrons. The molecule has 1 saturated heterocycles. The molecule has 0 unspecified atom stereocenters. The lowest BCUT2D eigenvalue weighted by molar-refractivity contribution is -0.00501. The molecule has 0 aromatic carbocycles. The molecular formula is C18H34IN5O2. The summed E-state index contributed by atoms with van der Waals surface area (Å²) in [5.74, 6) is 1.95. The van der Waals surface area contributed by atoms with Gasteiger partial charge >= 0.3 is 0 Å². The van der Waals surface area contributed by atoms with Crippen LogP contribution in [0.3, 0.4) is 0 Å². The van der Waals surface area contributed by atoms with Crippen LogP contribution in [0, 0.1) is 0 Å². The number of aromatic nitrogens is 1. The van der Waals surface area contributed by atoms with Gasteiger partial charge in [0, 0.05) is 37.9 Å². The Kier molecular flexibility index (Phi) is 9.88. The Bertz CT molecular complexity index is 554. The third kappa shape index (κ3) is 6.38. The molecule has 0 bridgehead atoms. The third-order valence-corrected chi connectivity index (χ3v) is 4.86. The second-order valence-corrected chi connectivity index (χ2v) is 7.15. The molecule has 8 heteroatoms. The van der Waals surface area contributed by atoms with E-state index in [0.717, 1.165) is 56.6 Å². The molecule has 1 fully saturated rings. The molecule has 1 aromatic rings. The summed E-state index contributed by atoms with van der Waals surface area (Å²) in [4.78, 5) is 6.95. The molecule has 1 aromatic heterocycles. The predicted molar refractivity (Wildman–Crippen MR) is 115 cm³/mol. The molecule has 26 heavy (non-hydrogen) atoms. The van der Waals surface area contributed by atoms with Gasteiger partial charge in [-0.2, -0.15) is 0 Å². The van der Waals surface area contributed by atoms with Gasteiger partial charge in [-0.05, 0) is 39.8 Å². The predicted octanol–water partition coefficient (Wildman–Crippen LogP) is 2.58. The van der Waals surface area contributed by atoms with Crippen LogP contribution in [0.25, 0.3) is 0 Å². The second kappa shape index (κ2) is 11.1. The van der Waals surface area contributed by atoms with E-state index in [4.69, 9.17) is 9.26 Å². The Morgan fingerprint density at radius 1 is 1.31 bits per heavy atom. The minimum absolute atomic E-state index is 0. The van der Waals surface area contributed by atoms with Crippen molar-refractivity contribution in [2.45, 2.75) is 51.6 Å². The number of hydrogen-bond donors (Lipinski definition) is 2. The summed E-state index contributed by atoms with van der Waals surface area (Å²) in [6, 6.07) is 1.98. The number of hydrogen-bond acceptors (Lipinski definition) is 5. The Morgan fingerprint density at radius 2 is 2.00 bits per heavy atom. The normalized spacial score (nSPS) is 17.3. The number of guanidine groups is 1. The number of nitrogens with zero attached hydrogens (tertiary/aromatic N) is 3. The van der Waals surface area contributed by atoms with Crippen molar-refractivity contribution >= 4 is 29.9 Å². The summed E-state index contributed by atoms with van der Waals surface area (Å²) in [6.07, 6.45) is 2.04. The zero-order valence-electron chi connectivity index (χ0n) is 16.7. The molecule has 0 aliphatic carbocycles. The average molecular weight is 479 g/mol. The molecule has 7 nitrogen and oxygen atoms in total. The van der Waals surface area contributed by atoms with E-state index < -0.39 is 0 Å². The molecule has 1 aliphatic rings. The lowest BCUT2D eigenvalue weighted by Gasteiger charge is -2.43. The van der Waals surface area contributed by atoms with Crippen LogP contribution in [-0.4, -0.2) is 62.0 Å². The van der Waals surface area contributed by atoms with E-state index in [0.29, 0.717) is 12.5 Å². The largest absolute Gasteiger partial charge is 0.381 e. The van der Waals surface area contributed by atoms with E-state index in [2.05, 4.69) is 60.5 Å². The highest BCUT2D eigenvalue weighted by Gasteiger charge is 2.34. The topological polar surface area (TPSA) is 74.9 Å². The van der Waals surface area contributed by atoms with Crippen LogP contribution in [-0.2, 0) is 11.3 Å². The van der Waals surface area contributed by atoms with E-state index >= 15 is 0 Å². The maximum Gasteiger partial charge on any atom is 0.191 e. The Labute approximate surface area is 174 Å². The fourth-order valence-electron chi connectivity index (χ4n) is 2.96. The second-order valence-electron chi connectivity index (χ2n) is 7.15. The minimum Gasteiger partial charge on any atom is -0.381 e. The summed E-state index contributed by atoms with van der Waals surface area (Å²) in [6.45, 7) is 10.0. The molecule has 150 valence electrons. The van der Waals surface area contributed by atoms with E-state index in [1.54, 1.807) is 0 Å². The number of nitrogens with one attached hydrogen (secondary N) is 2. The first kappa shape index (κ1) is 23.2. The van der Waals surface area contributed by atoms with Crippen molar-refractivity contribution < 1.29 is 9.26 Å². The minimum atomic E-state index is 0. The Hall–Kier alpha value is -0.870. The van der Waals surface area contributed by atoms with E-state index in [-0.39, 0.29) is 29.5 Å². The lowest BCUT2D eigenvalue weighted by Crippen LogP contribution is -2.57. The van der Waals surface area contributed by atoms with E-state index in [1.165, 1.54) is 0 Å². The van der Waals surface area contributed by atoms with Crippen LogP contribution in [0.4, 0.5) is 0 Å². The number of likely N-dealkylation sites (N-methyl/N-ethyl adjacent to an activating group) is 1. The van der Waals surface area contributed by atoms with Crippen molar-refractivity contribution in [2.24, 2.45) is 4.99 Å². The molecule has 2 heterocycles. The smallest absolute Gasteiger partial charge is 0.191 e. The van der Waals surface area contributed by atoms with Gasteiger partial charge in [0.1, 0.15) is 6.54 Å². The van der Waals surface area contributed by atoms with Gasteiger partial charge < -0.3 is 24.8 Å². The monoisotopic (exact) mass is 479 g/mol. The van der Waals surface area contributed by atoms with Crippen LogP contribution >= 0.6 is 24.0 Å². The summed E-state index contributed by atoms with van der Waals surface area (Å²) in [5, 5.41) is 10.9. The number of halogens is 1. The van der Waals surface area contributed by atoms with Gasteiger partial charge in [0.05, 0.1) is 5.69 Å². The highest BCUT2D eigenvalue weighted by Crippen LogP contribution is 2.25. The van der Waals surface area contributed by atoms with E-state index in [9.17, 15) is 0 Å². The molecule has 2 rings (SSSR count). The number of rotatable bonds is 7. The van der Waals surface area contributed by atoms with Gasteiger partial charge in [-0.15, -0.1) is 24.0 Å². The summed E-state index contributed by atoms with van der Waals surface area (Å²) in [5.41, 5.74) is 1.07. The zero-order valence-corrected chi connectivity index (χ0v) is 19.0. The van der Waals surface area contributed by atoms with E-state index in [1.807, 2.05) is 6.07 Å². The maximum absolute atomic E-state index is 5.54. The van der Waals surface area contributed by atoms with Crippen molar-refractivity contribution in [3.05, 3.63) is 17.5 Å². The number of aliphatic imine (C=N–C) groups is 1. The Morgan fingerprint density at radius 3 is 2.54 bits per heavy atom. The van der Waals surface area contributed by atoms with Crippen LogP contribution < -0.4 is 10.6 Å². The van der Waals surface area contributed by atoms with Gasteiger partial charge in [-0.1, -0.05) is 19.0 Å². The average Bonchev–Trinajstić information content (AvgIpc) is 3.07. The molecule has 1 aliphatic heterocycles. The summed E-state index contributed by atoms with van der Waals surface area (Å²) >= 11 is 0. The van der Waals surface area contributed by atoms with Gasteiger partial charge in [0.2, 0.25) is 0 Å². The van der Waals surface area contributed by atoms with Gasteiger partial charge in [-0.3, -0.25) is 0 Å². The fourth-order valence-corrected chi connectivity index (χ4v) is 2.96. The van der Waals surface area contributed by atoms with Crippen LogP contribution in [0.1, 0.15) is 51.0 Å². The molecular weight excluding hydrogens is 445 g/mol. The molecule has 0 amide bonds. The van der Waals surface area contributed by atoms with Gasteiger partial charge in [-0.25, -0.2) is 4.99 Å². The van der Waals surface area contributed by atoms with Crippen LogP contribution in [0.15, 0.2) is 15.6 Å². The van der Waals surface area contributed by atoms with Gasteiger partial charge in [0.15, 0.2) is 11.7 Å². The van der Waals surface area contributed by atoms with Gasteiger partial charge in [0.25, 0.3) is 0 Å². The SMILES string of the molecule is CCNC(=NCc1cc(C(C)C)no1)NCC1(N(C)C)CCOCC1.I. The van der Waals surface area contributed by atoms with Crippen molar-refractivity contribution in [1.29, 1.82) is 0 Å². The first-order valence-electron chi connectivity index (χ1n) is 9.19. The summed E-state index contributed by atoms with van der Waals surface area (Å²) < 4.78 is 10.9. The molecule has 0 saturated carbocycles. The standard InChI is InChI=1S/C18H33N5O2.HI/c1-6-19-17(20-12-15-11-16(14(2)3)22-25-15)21-13-18(23(4)5)7-9-24-10-8-18;/h11,14H,6-10,12-13H2,1-5H3,(H2,19,20,21);1H. The maximum atomic E-state index is 5.54. The first-order chi connectivity index (χ1) is 12.0. The molecule has 2 N–H and O–H groups in total. The number of ether oxygens (including phenoxy) is 1. The van der Waals surface area contributed by atoms with Crippen molar-refractivity contribution in [2.75, 3.05) is 40.4 Å². The highest BCUT2D eigenvalue weighted by molar-refractivity contribution is 14.0. The third-order valence-electron chi connectivity index (χ3n) is 4.86. The molecule has 0 spiro atoms. The molecule has 0 atom stereocenters. The zero-order chi connectivity index (χ0) is 18.3. The van der Waals surface area contributed by atoms with Crippen LogP contribution in [0.5, 0.6) is 0 Å². The van der Waals surface area contributed by atoms with Crippen molar-refractivity contribution in [3.63, 3.8) is 0 Å². The van der Waals surface area contributed by atoms with Crippen molar-refractivity contribution in [1.82, 2.24) is 20.7 Å². The fraction of sp³-hybridized carbons (Fsp3) is 0.778. The van der Waals surface area contributed by atoms with Crippen LogP contribution in [0.2, 0.25) is 0 Å². The lowest BCUT2D eigenvalue weighted by atomic mass is 9.88. The highest BCUT2D eigenvalue weighted by atomic mass is 127. The summed E-state index contributed by atoms with van der Waals surface area (Å²) in [7, 11) is 4.28. The Balaban J connectivity index is 0.00000338. The first-order valence-corrected chi connectivity index (χ1v) is 9.19. The quantitative estimate of drug-likeness (QED) is 0.356. The van der Waals surface area contributed by atoms with Crippen molar-refractivity contribution in [3.8, 4) is 0 Å².